The molecule has 13 heavy (non-hydrogen) atoms. The zero-order chi connectivity index (χ0) is 9.42. The average molecular weight is 181 g/mol. The molecule has 0 spiro atoms. The minimum Gasteiger partial charge on any atom is -0.504 e. The fraction of sp³-hybridized carbons (Fsp3) is 0.333. The van der Waals surface area contributed by atoms with Crippen LogP contribution in [0.15, 0.2) is 12.1 Å². The molecule has 4 nitrogen and oxygen atoms in total. The van der Waals surface area contributed by atoms with E-state index in [1.165, 1.54) is 7.11 Å². The highest BCUT2D eigenvalue weighted by molar-refractivity contribution is 5.57. The van der Waals surface area contributed by atoms with Crippen LogP contribution in [0.4, 0.5) is 0 Å². The highest BCUT2D eigenvalue weighted by Crippen LogP contribution is 2.44. The lowest BCUT2D eigenvalue weighted by atomic mass is 10.1. The molecule has 1 aliphatic heterocycles. The first-order chi connectivity index (χ1) is 6.24. The molecule has 0 saturated heterocycles. The minimum atomic E-state index is -0.121. The summed E-state index contributed by atoms with van der Waals surface area (Å²) in [4.78, 5) is 0. The van der Waals surface area contributed by atoms with Crippen LogP contribution in [0.25, 0.3) is 0 Å². The van der Waals surface area contributed by atoms with Crippen LogP contribution in [-0.2, 0) is 0 Å². The first kappa shape index (κ1) is 8.19. The molecular formula is C9H11NO3. The van der Waals surface area contributed by atoms with E-state index in [1.807, 2.05) is 0 Å². The van der Waals surface area contributed by atoms with E-state index in [0.29, 0.717) is 18.1 Å². The number of ether oxygens (including phenoxy) is 2. The molecular weight excluding hydrogens is 170 g/mol. The number of hydrogen-bond acceptors (Lipinski definition) is 4. The number of phenolic OH excluding ortho intramolecular Hbond substituents is 1. The maximum atomic E-state index is 9.42. The average Bonchev–Trinajstić information content (AvgIpc) is 2.48. The van der Waals surface area contributed by atoms with E-state index < -0.39 is 0 Å². The number of fused-ring (bicyclic) bond motifs is 1. The lowest BCUT2D eigenvalue weighted by Crippen LogP contribution is -2.10. The van der Waals surface area contributed by atoms with Crippen molar-refractivity contribution in [1.29, 1.82) is 0 Å². The van der Waals surface area contributed by atoms with Crippen molar-refractivity contribution in [2.45, 2.75) is 6.04 Å². The fourth-order valence-electron chi connectivity index (χ4n) is 1.47. The second-order valence-corrected chi connectivity index (χ2v) is 2.95. The number of rotatable bonds is 1. The Morgan fingerprint density at radius 2 is 2.38 bits per heavy atom. The van der Waals surface area contributed by atoms with Gasteiger partial charge in [0.25, 0.3) is 0 Å². The van der Waals surface area contributed by atoms with E-state index in [0.717, 1.165) is 5.56 Å². The Balaban J connectivity index is 2.57. The smallest absolute Gasteiger partial charge is 0.203 e. The molecule has 0 radical (unpaired) electrons. The molecule has 70 valence electrons. The fourth-order valence-corrected chi connectivity index (χ4v) is 1.47. The summed E-state index contributed by atoms with van der Waals surface area (Å²) in [7, 11) is 1.49. The number of methoxy groups -OCH3 is 1. The SMILES string of the molecule is COc1c(O)ccc2c1OC[C@H]2N. The number of nitrogens with two attached hydrogens (primary N) is 1. The van der Waals surface area contributed by atoms with E-state index in [2.05, 4.69) is 0 Å². The zero-order valence-corrected chi connectivity index (χ0v) is 7.28. The van der Waals surface area contributed by atoms with Crippen LogP contribution in [0, 0.1) is 0 Å². The van der Waals surface area contributed by atoms with Gasteiger partial charge in [-0.1, -0.05) is 0 Å². The van der Waals surface area contributed by atoms with Crippen LogP contribution < -0.4 is 15.2 Å². The summed E-state index contributed by atoms with van der Waals surface area (Å²) in [5.41, 5.74) is 6.64. The Bertz CT molecular complexity index is 338. The van der Waals surface area contributed by atoms with E-state index in [-0.39, 0.29) is 11.8 Å². The Labute approximate surface area is 75.9 Å². The molecule has 0 aromatic heterocycles. The molecule has 1 aromatic rings. The van der Waals surface area contributed by atoms with Crippen LogP contribution in [0.2, 0.25) is 0 Å². The molecule has 0 aliphatic carbocycles. The summed E-state index contributed by atoms with van der Waals surface area (Å²) in [5.74, 6) is 1.01. The number of aromatic hydroxyl groups is 1. The second kappa shape index (κ2) is 2.81. The predicted molar refractivity (Wildman–Crippen MR) is 47.1 cm³/mol. The summed E-state index contributed by atoms with van der Waals surface area (Å²) in [6, 6.07) is 3.20. The van der Waals surface area contributed by atoms with Gasteiger partial charge < -0.3 is 20.3 Å². The van der Waals surface area contributed by atoms with Gasteiger partial charge in [-0.05, 0) is 12.1 Å². The largest absolute Gasteiger partial charge is 0.504 e. The third kappa shape index (κ3) is 1.10. The van der Waals surface area contributed by atoms with Gasteiger partial charge in [0.15, 0.2) is 11.5 Å². The topological polar surface area (TPSA) is 64.7 Å². The van der Waals surface area contributed by atoms with Crippen LogP contribution in [0.5, 0.6) is 17.2 Å². The van der Waals surface area contributed by atoms with Crippen LogP contribution in [-0.4, -0.2) is 18.8 Å². The molecule has 0 fully saturated rings. The van der Waals surface area contributed by atoms with Crippen LogP contribution >= 0.6 is 0 Å². The second-order valence-electron chi connectivity index (χ2n) is 2.95. The number of phenols is 1. The van der Waals surface area contributed by atoms with Gasteiger partial charge in [-0.25, -0.2) is 0 Å². The van der Waals surface area contributed by atoms with E-state index in [1.54, 1.807) is 12.1 Å². The van der Waals surface area contributed by atoms with Crippen molar-refractivity contribution in [2.24, 2.45) is 5.73 Å². The van der Waals surface area contributed by atoms with Crippen molar-refractivity contribution >= 4 is 0 Å². The summed E-state index contributed by atoms with van der Waals surface area (Å²) in [5, 5.41) is 9.42. The van der Waals surface area contributed by atoms with Crippen molar-refractivity contribution < 1.29 is 14.6 Å². The lowest BCUT2D eigenvalue weighted by molar-refractivity contribution is 0.302. The zero-order valence-electron chi connectivity index (χ0n) is 7.28. The number of hydrogen-bond donors (Lipinski definition) is 2. The molecule has 0 unspecified atom stereocenters. The van der Waals surface area contributed by atoms with Crippen LogP contribution in [0.3, 0.4) is 0 Å². The van der Waals surface area contributed by atoms with Gasteiger partial charge in [-0.15, -0.1) is 0 Å². The van der Waals surface area contributed by atoms with Crippen LogP contribution in [0.1, 0.15) is 11.6 Å². The van der Waals surface area contributed by atoms with E-state index in [4.69, 9.17) is 15.2 Å². The van der Waals surface area contributed by atoms with Gasteiger partial charge in [0.2, 0.25) is 5.75 Å². The van der Waals surface area contributed by atoms with Gasteiger partial charge in [-0.3, -0.25) is 0 Å². The third-order valence-electron chi connectivity index (χ3n) is 2.13. The normalized spacial score (nSPS) is 19.4. The maximum absolute atomic E-state index is 9.42. The van der Waals surface area contributed by atoms with Gasteiger partial charge >= 0.3 is 0 Å². The van der Waals surface area contributed by atoms with Crippen molar-refractivity contribution in [3.05, 3.63) is 17.7 Å². The van der Waals surface area contributed by atoms with Crippen molar-refractivity contribution in [1.82, 2.24) is 0 Å². The van der Waals surface area contributed by atoms with E-state index >= 15 is 0 Å². The molecule has 3 N–H and O–H groups in total. The molecule has 0 amide bonds. The first-order valence-corrected chi connectivity index (χ1v) is 4.02. The summed E-state index contributed by atoms with van der Waals surface area (Å²) >= 11 is 0. The predicted octanol–water partition coefficient (Wildman–Crippen LogP) is 0.793. The Kier molecular flexibility index (Phi) is 1.77. The Hall–Kier alpha value is -1.42. The summed E-state index contributed by atoms with van der Waals surface area (Å²) < 4.78 is 10.3. The van der Waals surface area contributed by atoms with Crippen molar-refractivity contribution in [3.63, 3.8) is 0 Å². The van der Waals surface area contributed by atoms with Crippen molar-refractivity contribution in [2.75, 3.05) is 13.7 Å². The molecule has 1 aliphatic rings. The monoisotopic (exact) mass is 181 g/mol. The first-order valence-electron chi connectivity index (χ1n) is 4.02. The van der Waals surface area contributed by atoms with E-state index in [9.17, 15) is 5.11 Å². The van der Waals surface area contributed by atoms with Crippen molar-refractivity contribution in [3.8, 4) is 17.2 Å². The molecule has 1 aromatic carbocycles. The highest BCUT2D eigenvalue weighted by atomic mass is 16.5. The third-order valence-corrected chi connectivity index (χ3v) is 2.13. The van der Waals surface area contributed by atoms with Gasteiger partial charge in [0.05, 0.1) is 13.2 Å². The quantitative estimate of drug-likeness (QED) is 0.672. The molecule has 2 rings (SSSR count). The highest BCUT2D eigenvalue weighted by Gasteiger charge is 2.25. The molecule has 4 heteroatoms. The Morgan fingerprint density at radius 3 is 3.08 bits per heavy atom. The van der Waals surface area contributed by atoms with Gasteiger partial charge in [0, 0.05) is 5.56 Å². The maximum Gasteiger partial charge on any atom is 0.203 e. The summed E-state index contributed by atoms with van der Waals surface area (Å²) in [6.45, 7) is 0.440. The Morgan fingerprint density at radius 1 is 1.62 bits per heavy atom. The lowest BCUT2D eigenvalue weighted by Gasteiger charge is -2.07. The van der Waals surface area contributed by atoms with Gasteiger partial charge in [0.1, 0.15) is 6.61 Å². The molecule has 0 saturated carbocycles. The standard InChI is InChI=1S/C9H11NO3/c1-12-9-7(11)3-2-5-6(10)4-13-8(5)9/h2-3,6,11H,4,10H2,1H3/t6-/m1/s1. The molecule has 1 atom stereocenters. The molecule has 1 heterocycles. The summed E-state index contributed by atoms with van der Waals surface area (Å²) in [6.07, 6.45) is 0. The van der Waals surface area contributed by atoms with Gasteiger partial charge in [-0.2, -0.15) is 0 Å². The minimum absolute atomic E-state index is 0.0790. The number of benzene rings is 1. The molecule has 0 bridgehead atoms.